The first-order chi connectivity index (χ1) is 9.65. The van der Waals surface area contributed by atoms with Crippen molar-refractivity contribution in [3.8, 4) is 10.7 Å². The molecule has 0 fully saturated rings. The van der Waals surface area contributed by atoms with Crippen LogP contribution >= 0.6 is 11.3 Å². The number of hydrogen-bond acceptors (Lipinski definition) is 5. The number of nitrogens with two attached hydrogens (primary N) is 1. The Balaban J connectivity index is 1.88. The number of aromatic nitrogens is 2. The number of nitrogens with one attached hydrogen (secondary N) is 1. The van der Waals surface area contributed by atoms with Gasteiger partial charge in [-0.25, -0.2) is 4.98 Å². The van der Waals surface area contributed by atoms with Crippen molar-refractivity contribution in [2.75, 3.05) is 6.54 Å². The van der Waals surface area contributed by atoms with E-state index in [0.29, 0.717) is 13.0 Å². The molecule has 106 valence electrons. The topological polar surface area (TPSA) is 80.9 Å². The van der Waals surface area contributed by atoms with Gasteiger partial charge in [0.15, 0.2) is 0 Å². The number of carbonyl (C=O) groups excluding carboxylic acids is 1. The molecule has 0 spiro atoms. The van der Waals surface area contributed by atoms with Crippen molar-refractivity contribution in [2.45, 2.75) is 25.8 Å². The number of nitrogens with zero attached hydrogens (tertiary/aromatic N) is 2. The zero-order valence-corrected chi connectivity index (χ0v) is 12.2. The predicted octanol–water partition coefficient (Wildman–Crippen LogP) is 1.60. The molecule has 2 rings (SSSR count). The third kappa shape index (κ3) is 4.40. The van der Waals surface area contributed by atoms with Crippen LogP contribution in [0.5, 0.6) is 0 Å². The summed E-state index contributed by atoms with van der Waals surface area (Å²) in [5.74, 6) is -0.0245. The number of thiazole rings is 1. The largest absolute Gasteiger partial charge is 0.356 e. The Kier molecular flexibility index (Phi) is 5.20. The summed E-state index contributed by atoms with van der Waals surface area (Å²) in [6.07, 6.45) is 2.81. The van der Waals surface area contributed by atoms with E-state index >= 15 is 0 Å². The maximum absolute atomic E-state index is 11.7. The molecule has 1 unspecified atom stereocenters. The quantitative estimate of drug-likeness (QED) is 0.846. The van der Waals surface area contributed by atoms with Crippen LogP contribution in [0, 0.1) is 0 Å². The van der Waals surface area contributed by atoms with Crippen LogP contribution < -0.4 is 11.1 Å². The van der Waals surface area contributed by atoms with E-state index in [-0.39, 0.29) is 11.9 Å². The lowest BCUT2D eigenvalue weighted by Gasteiger charge is -2.06. The highest BCUT2D eigenvalue weighted by Gasteiger charge is 2.09. The molecule has 20 heavy (non-hydrogen) atoms. The standard InChI is InChI=1S/C14H18N4OS/c1-10(15)5-7-17-13(19)8-11-9-20-14(18-11)12-4-2-3-6-16-12/h2-4,6,9-10H,5,7-8,15H2,1H3,(H,17,19). The monoisotopic (exact) mass is 290 g/mol. The molecule has 0 saturated heterocycles. The molecule has 1 atom stereocenters. The maximum atomic E-state index is 11.7. The third-order valence-electron chi connectivity index (χ3n) is 2.70. The number of pyridine rings is 1. The van der Waals surface area contributed by atoms with Gasteiger partial charge in [-0.2, -0.15) is 0 Å². The molecule has 0 aliphatic carbocycles. The lowest BCUT2D eigenvalue weighted by molar-refractivity contribution is -0.120. The summed E-state index contributed by atoms with van der Waals surface area (Å²) in [6.45, 7) is 2.53. The highest BCUT2D eigenvalue weighted by atomic mass is 32.1. The van der Waals surface area contributed by atoms with E-state index in [1.165, 1.54) is 11.3 Å². The summed E-state index contributed by atoms with van der Waals surface area (Å²) >= 11 is 1.50. The zero-order chi connectivity index (χ0) is 14.4. The van der Waals surface area contributed by atoms with Crippen molar-refractivity contribution in [3.63, 3.8) is 0 Å². The smallest absolute Gasteiger partial charge is 0.226 e. The fraction of sp³-hybridized carbons (Fsp3) is 0.357. The molecule has 1 amide bonds. The summed E-state index contributed by atoms with van der Waals surface area (Å²) in [5.41, 5.74) is 7.24. The van der Waals surface area contributed by atoms with Gasteiger partial charge >= 0.3 is 0 Å². The van der Waals surface area contributed by atoms with E-state index in [9.17, 15) is 4.79 Å². The number of rotatable bonds is 6. The van der Waals surface area contributed by atoms with Crippen molar-refractivity contribution in [1.29, 1.82) is 0 Å². The van der Waals surface area contributed by atoms with E-state index in [2.05, 4.69) is 15.3 Å². The Bertz CT molecular complexity index is 553. The van der Waals surface area contributed by atoms with Crippen molar-refractivity contribution in [1.82, 2.24) is 15.3 Å². The molecule has 0 aliphatic rings. The van der Waals surface area contributed by atoms with Crippen molar-refractivity contribution in [2.24, 2.45) is 5.73 Å². The number of carbonyl (C=O) groups is 1. The van der Waals surface area contributed by atoms with Crippen LogP contribution in [-0.4, -0.2) is 28.5 Å². The molecule has 5 nitrogen and oxygen atoms in total. The molecule has 0 aromatic carbocycles. The Morgan fingerprint density at radius 3 is 3.05 bits per heavy atom. The van der Waals surface area contributed by atoms with Gasteiger partial charge in [0.05, 0.1) is 17.8 Å². The molecule has 0 saturated carbocycles. The van der Waals surface area contributed by atoms with E-state index < -0.39 is 0 Å². The lowest BCUT2D eigenvalue weighted by Crippen LogP contribution is -2.30. The van der Waals surface area contributed by atoms with Gasteiger partial charge in [-0.05, 0) is 25.5 Å². The van der Waals surface area contributed by atoms with Crippen LogP contribution in [0.2, 0.25) is 0 Å². The Morgan fingerprint density at radius 1 is 1.50 bits per heavy atom. The third-order valence-corrected chi connectivity index (χ3v) is 3.61. The summed E-state index contributed by atoms with van der Waals surface area (Å²) < 4.78 is 0. The molecule has 2 aromatic heterocycles. The Morgan fingerprint density at radius 2 is 2.35 bits per heavy atom. The van der Waals surface area contributed by atoms with Crippen molar-refractivity contribution >= 4 is 17.2 Å². The van der Waals surface area contributed by atoms with E-state index in [1.54, 1.807) is 6.20 Å². The number of amides is 1. The second-order valence-electron chi connectivity index (χ2n) is 4.65. The van der Waals surface area contributed by atoms with E-state index in [1.807, 2.05) is 30.5 Å². The SMILES string of the molecule is CC(N)CCNC(=O)Cc1csc(-c2ccccn2)n1. The Labute approximate surface area is 122 Å². The van der Waals surface area contributed by atoms with Gasteiger partial charge in [0, 0.05) is 24.2 Å². The van der Waals surface area contributed by atoms with Gasteiger partial charge in [-0.15, -0.1) is 11.3 Å². The normalized spacial score (nSPS) is 12.1. The van der Waals surface area contributed by atoms with Gasteiger partial charge in [0.1, 0.15) is 5.01 Å². The lowest BCUT2D eigenvalue weighted by atomic mass is 10.2. The average molecular weight is 290 g/mol. The molecule has 6 heteroatoms. The molecule has 0 radical (unpaired) electrons. The highest BCUT2D eigenvalue weighted by molar-refractivity contribution is 7.13. The van der Waals surface area contributed by atoms with Crippen LogP contribution in [0.15, 0.2) is 29.8 Å². The van der Waals surface area contributed by atoms with Crippen LogP contribution in [0.1, 0.15) is 19.0 Å². The summed E-state index contributed by atoms with van der Waals surface area (Å²) in [5, 5.41) is 5.58. The minimum absolute atomic E-state index is 0.0245. The fourth-order valence-electron chi connectivity index (χ4n) is 1.66. The minimum Gasteiger partial charge on any atom is -0.356 e. The van der Waals surface area contributed by atoms with E-state index in [0.717, 1.165) is 22.8 Å². The van der Waals surface area contributed by atoms with Gasteiger partial charge in [0.25, 0.3) is 0 Å². The van der Waals surface area contributed by atoms with Gasteiger partial charge in [0.2, 0.25) is 5.91 Å². The van der Waals surface area contributed by atoms with Crippen molar-refractivity contribution in [3.05, 3.63) is 35.5 Å². The molecule has 2 aromatic rings. The first kappa shape index (κ1) is 14.6. The highest BCUT2D eigenvalue weighted by Crippen LogP contribution is 2.21. The first-order valence-electron chi connectivity index (χ1n) is 6.53. The molecular weight excluding hydrogens is 272 g/mol. The van der Waals surface area contributed by atoms with Gasteiger partial charge < -0.3 is 11.1 Å². The maximum Gasteiger partial charge on any atom is 0.226 e. The first-order valence-corrected chi connectivity index (χ1v) is 7.41. The molecule has 0 bridgehead atoms. The van der Waals surface area contributed by atoms with Crippen LogP contribution in [0.4, 0.5) is 0 Å². The fourth-order valence-corrected chi connectivity index (χ4v) is 2.46. The van der Waals surface area contributed by atoms with Crippen LogP contribution in [0.25, 0.3) is 10.7 Å². The molecule has 2 heterocycles. The minimum atomic E-state index is -0.0245. The predicted molar refractivity (Wildman–Crippen MR) is 80.3 cm³/mol. The zero-order valence-electron chi connectivity index (χ0n) is 11.4. The second kappa shape index (κ2) is 7.12. The second-order valence-corrected chi connectivity index (χ2v) is 5.51. The Hall–Kier alpha value is -1.79. The average Bonchev–Trinajstić information content (AvgIpc) is 2.88. The molecular formula is C14H18N4OS. The van der Waals surface area contributed by atoms with Gasteiger partial charge in [-0.3, -0.25) is 9.78 Å². The number of hydrogen-bond donors (Lipinski definition) is 2. The van der Waals surface area contributed by atoms with Crippen LogP contribution in [0.3, 0.4) is 0 Å². The summed E-state index contributed by atoms with van der Waals surface area (Å²) in [7, 11) is 0. The van der Waals surface area contributed by atoms with Crippen molar-refractivity contribution < 1.29 is 4.79 Å². The molecule has 0 aliphatic heterocycles. The summed E-state index contributed by atoms with van der Waals surface area (Å²) in [4.78, 5) is 20.4. The van der Waals surface area contributed by atoms with E-state index in [4.69, 9.17) is 5.73 Å². The molecule has 3 N–H and O–H groups in total. The van der Waals surface area contributed by atoms with Crippen LogP contribution in [-0.2, 0) is 11.2 Å². The summed E-state index contributed by atoms with van der Waals surface area (Å²) in [6, 6.07) is 5.80. The van der Waals surface area contributed by atoms with Gasteiger partial charge in [-0.1, -0.05) is 6.07 Å².